The van der Waals surface area contributed by atoms with Crippen LogP contribution in [-0.4, -0.2) is 61.9 Å². The highest BCUT2D eigenvalue weighted by molar-refractivity contribution is 5.74. The van der Waals surface area contributed by atoms with Crippen LogP contribution in [0.15, 0.2) is 0 Å². The highest BCUT2D eigenvalue weighted by Crippen LogP contribution is 2.68. The molecule has 0 aromatic rings. The SMILES string of the molecule is CCN(CC)CCCNC(=O)O[C@H]1CC[C@@]2(C)[C@H](CC[C@@H]3[C@@H]2CC[C@]2(C)[C@@H](C(=O)OC)CC[C@]32N)C1. The molecule has 7 nitrogen and oxygen atoms in total. The summed E-state index contributed by atoms with van der Waals surface area (Å²) < 4.78 is 11.1. The van der Waals surface area contributed by atoms with Crippen molar-refractivity contribution in [3.8, 4) is 0 Å². The second-order valence-corrected chi connectivity index (χ2v) is 12.7. The Morgan fingerprint density at radius 2 is 1.75 bits per heavy atom. The maximum atomic E-state index is 12.6. The van der Waals surface area contributed by atoms with E-state index in [0.717, 1.165) is 83.8 Å². The van der Waals surface area contributed by atoms with Crippen LogP contribution in [0.2, 0.25) is 0 Å². The Balaban J connectivity index is 1.34. The van der Waals surface area contributed by atoms with E-state index in [1.165, 1.54) is 7.11 Å². The lowest BCUT2D eigenvalue weighted by Gasteiger charge is -2.64. The zero-order valence-electron chi connectivity index (χ0n) is 23.4. The highest BCUT2D eigenvalue weighted by Gasteiger charge is 2.67. The van der Waals surface area contributed by atoms with Crippen molar-refractivity contribution in [2.24, 2.45) is 40.2 Å². The van der Waals surface area contributed by atoms with Gasteiger partial charge >= 0.3 is 12.1 Å². The van der Waals surface area contributed by atoms with Crippen LogP contribution in [0.5, 0.6) is 0 Å². The minimum absolute atomic E-state index is 0.0123. The Kier molecular flexibility index (Phi) is 8.31. The Labute approximate surface area is 218 Å². The van der Waals surface area contributed by atoms with Crippen molar-refractivity contribution >= 4 is 12.1 Å². The van der Waals surface area contributed by atoms with Crippen LogP contribution in [0.25, 0.3) is 0 Å². The number of ether oxygens (including phenoxy) is 2. The minimum Gasteiger partial charge on any atom is -0.469 e. The number of amides is 1. The number of nitrogens with one attached hydrogen (secondary N) is 1. The Morgan fingerprint density at radius 3 is 2.44 bits per heavy atom. The second-order valence-electron chi connectivity index (χ2n) is 12.7. The summed E-state index contributed by atoms with van der Waals surface area (Å²) in [5.41, 5.74) is 7.09. The summed E-state index contributed by atoms with van der Waals surface area (Å²) >= 11 is 0. The molecule has 4 fully saturated rings. The second kappa shape index (κ2) is 10.8. The summed E-state index contributed by atoms with van der Waals surface area (Å²) in [7, 11) is 1.51. The molecule has 0 spiro atoms. The molecule has 7 heteroatoms. The smallest absolute Gasteiger partial charge is 0.407 e. The monoisotopic (exact) mass is 505 g/mol. The van der Waals surface area contributed by atoms with Crippen LogP contribution in [0.4, 0.5) is 4.79 Å². The first-order valence-corrected chi connectivity index (χ1v) is 14.7. The molecular formula is C29H51N3O4. The molecule has 4 saturated carbocycles. The van der Waals surface area contributed by atoms with Gasteiger partial charge in [0.1, 0.15) is 6.10 Å². The van der Waals surface area contributed by atoms with Gasteiger partial charge in [-0.15, -0.1) is 0 Å². The molecule has 0 aliphatic heterocycles. The van der Waals surface area contributed by atoms with Crippen molar-refractivity contribution in [3.05, 3.63) is 0 Å². The number of nitrogens with zero attached hydrogens (tertiary/aromatic N) is 1. The van der Waals surface area contributed by atoms with Gasteiger partial charge in [-0.2, -0.15) is 0 Å². The summed E-state index contributed by atoms with van der Waals surface area (Å²) in [6, 6.07) is 0. The van der Waals surface area contributed by atoms with Crippen molar-refractivity contribution in [1.29, 1.82) is 0 Å². The molecule has 1 amide bonds. The Hall–Kier alpha value is -1.34. The minimum atomic E-state index is -0.291. The molecule has 0 aromatic carbocycles. The fourth-order valence-corrected chi connectivity index (χ4v) is 9.14. The molecule has 0 saturated heterocycles. The van der Waals surface area contributed by atoms with Crippen LogP contribution in [0.1, 0.15) is 91.9 Å². The molecule has 4 rings (SSSR count). The maximum Gasteiger partial charge on any atom is 0.407 e. The van der Waals surface area contributed by atoms with Crippen LogP contribution in [-0.2, 0) is 14.3 Å². The largest absolute Gasteiger partial charge is 0.469 e. The van der Waals surface area contributed by atoms with Crippen molar-refractivity contribution in [3.63, 3.8) is 0 Å². The number of fused-ring (bicyclic) bond motifs is 5. The lowest BCUT2D eigenvalue weighted by molar-refractivity contribution is -0.160. The number of alkyl carbamates (subject to hydrolysis) is 1. The van der Waals surface area contributed by atoms with E-state index < -0.39 is 0 Å². The van der Waals surface area contributed by atoms with Gasteiger partial charge < -0.3 is 25.4 Å². The van der Waals surface area contributed by atoms with Crippen LogP contribution in [0.3, 0.4) is 0 Å². The molecule has 36 heavy (non-hydrogen) atoms. The molecule has 0 heterocycles. The van der Waals surface area contributed by atoms with Gasteiger partial charge in [0.15, 0.2) is 0 Å². The first-order chi connectivity index (χ1) is 17.1. The number of methoxy groups -OCH3 is 1. The molecule has 206 valence electrons. The average molecular weight is 506 g/mol. The molecule has 0 aromatic heterocycles. The van der Waals surface area contributed by atoms with Gasteiger partial charge in [-0.25, -0.2) is 4.79 Å². The number of nitrogens with two attached hydrogens (primary N) is 1. The molecule has 0 unspecified atom stereocenters. The number of hydrogen-bond donors (Lipinski definition) is 2. The van der Waals surface area contributed by atoms with Gasteiger partial charge in [0.25, 0.3) is 0 Å². The van der Waals surface area contributed by atoms with Crippen LogP contribution < -0.4 is 11.1 Å². The summed E-state index contributed by atoms with van der Waals surface area (Å²) in [6.45, 7) is 12.8. The van der Waals surface area contributed by atoms with Crippen LogP contribution >= 0.6 is 0 Å². The molecule has 8 atom stereocenters. The molecule has 4 aliphatic carbocycles. The van der Waals surface area contributed by atoms with E-state index in [1.807, 2.05) is 0 Å². The van der Waals surface area contributed by atoms with Crippen molar-refractivity contribution in [2.45, 2.75) is 104 Å². The summed E-state index contributed by atoms with van der Waals surface area (Å²) in [4.78, 5) is 27.4. The average Bonchev–Trinajstić information content (AvgIpc) is 3.15. The third kappa shape index (κ3) is 4.68. The van der Waals surface area contributed by atoms with E-state index >= 15 is 0 Å². The van der Waals surface area contributed by atoms with Crippen molar-refractivity contribution in [2.75, 3.05) is 33.3 Å². The predicted molar refractivity (Wildman–Crippen MR) is 141 cm³/mol. The third-order valence-electron chi connectivity index (χ3n) is 11.5. The molecular weight excluding hydrogens is 454 g/mol. The Bertz CT molecular complexity index is 803. The summed E-state index contributed by atoms with van der Waals surface area (Å²) in [6.07, 6.45) is 9.86. The number of rotatable bonds is 8. The van der Waals surface area contributed by atoms with Gasteiger partial charge in [0, 0.05) is 12.1 Å². The van der Waals surface area contributed by atoms with Crippen molar-refractivity contribution in [1.82, 2.24) is 10.2 Å². The maximum absolute atomic E-state index is 12.6. The lowest BCUT2D eigenvalue weighted by atomic mass is 9.42. The number of hydrogen-bond acceptors (Lipinski definition) is 6. The van der Waals surface area contributed by atoms with Gasteiger partial charge in [-0.05, 0) is 112 Å². The van der Waals surface area contributed by atoms with E-state index in [-0.39, 0.29) is 40.5 Å². The third-order valence-corrected chi connectivity index (χ3v) is 11.5. The number of carbonyl (C=O) groups excluding carboxylic acids is 2. The van der Waals surface area contributed by atoms with E-state index in [1.54, 1.807) is 0 Å². The summed E-state index contributed by atoms with van der Waals surface area (Å²) in [5, 5.41) is 2.97. The molecule has 3 N–H and O–H groups in total. The van der Waals surface area contributed by atoms with Crippen LogP contribution in [0, 0.1) is 34.5 Å². The van der Waals surface area contributed by atoms with Gasteiger partial charge in [-0.3, -0.25) is 4.79 Å². The Morgan fingerprint density at radius 1 is 1.00 bits per heavy atom. The molecule has 0 radical (unpaired) electrons. The topological polar surface area (TPSA) is 93.9 Å². The van der Waals surface area contributed by atoms with E-state index in [2.05, 4.69) is 37.9 Å². The first kappa shape index (κ1) is 27.7. The standard InChI is InChI=1S/C29H51N3O4/c1-6-32(7-2)18-8-17-31-26(34)36-21-11-14-27(3)20(19-21)9-10-23-22(27)12-15-28(4)24(25(33)35-5)13-16-29(23,28)30/h20-24H,6-19,30H2,1-5H3,(H,31,34)/t20-,21+,22+,23-,24-,27+,28-,29+/m1/s1. The predicted octanol–water partition coefficient (Wildman–Crippen LogP) is 4.73. The van der Waals surface area contributed by atoms with Gasteiger partial charge in [0.2, 0.25) is 0 Å². The summed E-state index contributed by atoms with van der Waals surface area (Å²) in [5.74, 6) is 1.46. The van der Waals surface area contributed by atoms with Crippen molar-refractivity contribution < 1.29 is 19.1 Å². The zero-order valence-corrected chi connectivity index (χ0v) is 23.4. The van der Waals surface area contributed by atoms with Gasteiger partial charge in [0.05, 0.1) is 13.0 Å². The zero-order chi connectivity index (χ0) is 26.1. The molecule has 0 bridgehead atoms. The lowest BCUT2D eigenvalue weighted by Crippen LogP contribution is -2.66. The van der Waals surface area contributed by atoms with Gasteiger partial charge in [-0.1, -0.05) is 27.7 Å². The normalized spacial score (nSPS) is 41.7. The fourth-order valence-electron chi connectivity index (χ4n) is 9.14. The van der Waals surface area contributed by atoms with E-state index in [0.29, 0.717) is 24.3 Å². The van der Waals surface area contributed by atoms with E-state index in [4.69, 9.17) is 15.2 Å². The highest BCUT2D eigenvalue weighted by atomic mass is 16.6. The molecule has 4 aliphatic rings. The quantitative estimate of drug-likeness (QED) is 0.366. The van der Waals surface area contributed by atoms with E-state index in [9.17, 15) is 9.59 Å². The first-order valence-electron chi connectivity index (χ1n) is 14.7. The number of carbonyl (C=O) groups is 2. The number of esters is 1. The fraction of sp³-hybridized carbons (Fsp3) is 0.931.